The number of thioether (sulfide) groups is 1. The van der Waals surface area contributed by atoms with Crippen molar-refractivity contribution in [2.45, 2.75) is 24.3 Å². The molecule has 0 saturated heterocycles. The zero-order valence-electron chi connectivity index (χ0n) is 12.1. The van der Waals surface area contributed by atoms with E-state index in [0.717, 1.165) is 16.0 Å². The molecule has 0 aliphatic rings. The molecular weight excluding hydrogens is 296 g/mol. The van der Waals surface area contributed by atoms with Gasteiger partial charge in [0.1, 0.15) is 12.9 Å². The largest absolute Gasteiger partial charge is 0.461 e. The molecule has 5 heteroatoms. The third-order valence-electron chi connectivity index (χ3n) is 2.88. The lowest BCUT2D eigenvalue weighted by molar-refractivity contribution is -0.144. The molecule has 22 heavy (non-hydrogen) atoms. The van der Waals surface area contributed by atoms with Gasteiger partial charge in [-0.2, -0.15) is 0 Å². The van der Waals surface area contributed by atoms with Crippen LogP contribution in [0.2, 0.25) is 0 Å². The number of nitrogens with zero attached hydrogens (tertiary/aromatic N) is 2. The molecule has 2 rings (SSSR count). The van der Waals surface area contributed by atoms with Gasteiger partial charge < -0.3 is 4.74 Å². The quantitative estimate of drug-likeness (QED) is 0.447. The average Bonchev–Trinajstić information content (AvgIpc) is 2.58. The van der Waals surface area contributed by atoms with Crippen LogP contribution >= 0.6 is 11.8 Å². The van der Waals surface area contributed by atoms with Gasteiger partial charge in [0, 0.05) is 23.7 Å². The fourth-order valence-corrected chi connectivity index (χ4v) is 2.33. The van der Waals surface area contributed by atoms with E-state index in [1.54, 1.807) is 24.2 Å². The van der Waals surface area contributed by atoms with E-state index in [-0.39, 0.29) is 12.6 Å². The lowest BCUT2D eigenvalue weighted by Crippen LogP contribution is -2.06. The summed E-state index contributed by atoms with van der Waals surface area (Å²) in [5.41, 5.74) is 1.88. The number of esters is 1. The van der Waals surface area contributed by atoms with Gasteiger partial charge in [0.05, 0.1) is 5.75 Å². The van der Waals surface area contributed by atoms with Gasteiger partial charge in [-0.1, -0.05) is 18.1 Å². The van der Waals surface area contributed by atoms with Crippen LogP contribution in [0.5, 0.6) is 0 Å². The van der Waals surface area contributed by atoms with E-state index in [4.69, 9.17) is 11.2 Å². The fourth-order valence-electron chi connectivity index (χ4n) is 1.75. The maximum atomic E-state index is 11.7. The zero-order valence-corrected chi connectivity index (χ0v) is 12.9. The number of aryl methyl sites for hydroxylation is 1. The molecule has 0 atom stereocenters. The van der Waals surface area contributed by atoms with Gasteiger partial charge in [0.25, 0.3) is 0 Å². The molecular formula is C17H16N2O2S. The van der Waals surface area contributed by atoms with E-state index in [1.807, 2.05) is 24.3 Å². The number of terminal acetylenes is 1. The standard InChI is InChI=1S/C17H16N2O2S/c1-2-9-22-16-6-3-14(4-7-16)12-21-17(20)8-5-15-10-18-13-19-11-15/h1,3-4,6-7,10-11,13H,5,8-9,12H2. The lowest BCUT2D eigenvalue weighted by Gasteiger charge is -2.06. The van der Waals surface area contributed by atoms with Crippen molar-refractivity contribution in [3.8, 4) is 12.3 Å². The molecule has 0 N–H and O–H groups in total. The Bertz CT molecular complexity index is 636. The topological polar surface area (TPSA) is 52.1 Å². The minimum atomic E-state index is -0.227. The minimum absolute atomic E-state index is 0.227. The number of rotatable bonds is 7. The highest BCUT2D eigenvalue weighted by molar-refractivity contribution is 7.99. The smallest absolute Gasteiger partial charge is 0.306 e. The maximum Gasteiger partial charge on any atom is 0.306 e. The summed E-state index contributed by atoms with van der Waals surface area (Å²) in [5.74, 6) is 3.01. The van der Waals surface area contributed by atoms with Crippen molar-refractivity contribution in [1.29, 1.82) is 0 Å². The van der Waals surface area contributed by atoms with Gasteiger partial charge >= 0.3 is 5.97 Å². The summed E-state index contributed by atoms with van der Waals surface area (Å²) in [7, 11) is 0. The molecule has 2 aromatic rings. The molecule has 1 aromatic heterocycles. The van der Waals surface area contributed by atoms with Crippen molar-refractivity contribution in [3.63, 3.8) is 0 Å². The van der Waals surface area contributed by atoms with Crippen LogP contribution in [0.1, 0.15) is 17.5 Å². The number of carbonyl (C=O) groups is 1. The summed E-state index contributed by atoms with van der Waals surface area (Å²) in [6.45, 7) is 0.282. The SMILES string of the molecule is C#CCSc1ccc(COC(=O)CCc2cncnc2)cc1. The van der Waals surface area contributed by atoms with E-state index in [9.17, 15) is 4.79 Å². The second-order valence-electron chi connectivity index (χ2n) is 4.54. The van der Waals surface area contributed by atoms with Gasteiger partial charge in [-0.05, 0) is 29.7 Å². The number of hydrogen-bond acceptors (Lipinski definition) is 5. The van der Waals surface area contributed by atoms with Crippen LogP contribution in [0.3, 0.4) is 0 Å². The van der Waals surface area contributed by atoms with E-state index in [2.05, 4.69) is 15.9 Å². The highest BCUT2D eigenvalue weighted by Crippen LogP contribution is 2.18. The number of hydrogen-bond donors (Lipinski definition) is 0. The molecule has 0 aliphatic carbocycles. The molecule has 1 heterocycles. The molecule has 4 nitrogen and oxygen atoms in total. The van der Waals surface area contributed by atoms with Crippen molar-refractivity contribution in [1.82, 2.24) is 9.97 Å². The molecule has 112 valence electrons. The molecule has 0 radical (unpaired) electrons. The minimum Gasteiger partial charge on any atom is -0.461 e. The van der Waals surface area contributed by atoms with Crippen LogP contribution in [-0.4, -0.2) is 21.7 Å². The first kappa shape index (κ1) is 16.1. The summed E-state index contributed by atoms with van der Waals surface area (Å²) >= 11 is 1.60. The molecule has 0 fully saturated rings. The number of aromatic nitrogens is 2. The first-order chi connectivity index (χ1) is 10.8. The second-order valence-corrected chi connectivity index (χ2v) is 5.59. The van der Waals surface area contributed by atoms with Crippen molar-refractivity contribution in [2.24, 2.45) is 0 Å². The van der Waals surface area contributed by atoms with Crippen LogP contribution < -0.4 is 0 Å². The fraction of sp³-hybridized carbons (Fsp3) is 0.235. The van der Waals surface area contributed by atoms with Gasteiger partial charge in [-0.25, -0.2) is 9.97 Å². The normalized spacial score (nSPS) is 9.95. The lowest BCUT2D eigenvalue weighted by atomic mass is 10.2. The Balaban J connectivity index is 1.73. The Kier molecular flexibility index (Phi) is 6.46. The first-order valence-corrected chi connectivity index (χ1v) is 7.81. The highest BCUT2D eigenvalue weighted by atomic mass is 32.2. The maximum absolute atomic E-state index is 11.7. The monoisotopic (exact) mass is 312 g/mol. The van der Waals surface area contributed by atoms with Crippen LogP contribution in [0.4, 0.5) is 0 Å². The van der Waals surface area contributed by atoms with Gasteiger partial charge in [-0.3, -0.25) is 4.79 Å². The number of benzene rings is 1. The van der Waals surface area contributed by atoms with Gasteiger partial charge in [0.15, 0.2) is 0 Å². The van der Waals surface area contributed by atoms with Crippen LogP contribution in [0, 0.1) is 12.3 Å². The predicted octanol–water partition coefficient (Wildman–Crippen LogP) is 2.88. The Hall–Kier alpha value is -2.32. The highest BCUT2D eigenvalue weighted by Gasteiger charge is 2.05. The summed E-state index contributed by atoms with van der Waals surface area (Å²) in [5, 5.41) is 0. The van der Waals surface area contributed by atoms with Crippen LogP contribution in [0.25, 0.3) is 0 Å². The average molecular weight is 312 g/mol. The van der Waals surface area contributed by atoms with Crippen LogP contribution in [-0.2, 0) is 22.6 Å². The summed E-state index contributed by atoms with van der Waals surface area (Å²) < 4.78 is 5.25. The van der Waals surface area contributed by atoms with Crippen molar-refractivity contribution < 1.29 is 9.53 Å². The van der Waals surface area contributed by atoms with E-state index in [0.29, 0.717) is 18.6 Å². The van der Waals surface area contributed by atoms with Crippen molar-refractivity contribution in [3.05, 3.63) is 54.1 Å². The van der Waals surface area contributed by atoms with Gasteiger partial charge in [-0.15, -0.1) is 18.2 Å². The third kappa shape index (κ3) is 5.58. The van der Waals surface area contributed by atoms with E-state index in [1.165, 1.54) is 6.33 Å². The Labute approximate surface area is 134 Å². The Morgan fingerprint density at radius 3 is 2.59 bits per heavy atom. The van der Waals surface area contributed by atoms with E-state index < -0.39 is 0 Å². The molecule has 0 aliphatic heterocycles. The Morgan fingerprint density at radius 2 is 1.91 bits per heavy atom. The summed E-state index contributed by atoms with van der Waals surface area (Å²) in [6, 6.07) is 7.84. The molecule has 0 spiro atoms. The molecule has 0 bridgehead atoms. The molecule has 0 unspecified atom stereocenters. The number of carbonyl (C=O) groups excluding carboxylic acids is 1. The Morgan fingerprint density at radius 1 is 1.18 bits per heavy atom. The van der Waals surface area contributed by atoms with Gasteiger partial charge in [0.2, 0.25) is 0 Å². The second kappa shape index (κ2) is 8.85. The third-order valence-corrected chi connectivity index (χ3v) is 3.79. The van der Waals surface area contributed by atoms with Crippen molar-refractivity contribution >= 4 is 17.7 Å². The molecule has 0 saturated carbocycles. The summed E-state index contributed by atoms with van der Waals surface area (Å²) in [6.07, 6.45) is 11.0. The van der Waals surface area contributed by atoms with Crippen LogP contribution in [0.15, 0.2) is 47.9 Å². The summed E-state index contributed by atoms with van der Waals surface area (Å²) in [4.78, 5) is 20.6. The predicted molar refractivity (Wildman–Crippen MR) is 86.1 cm³/mol. The van der Waals surface area contributed by atoms with E-state index >= 15 is 0 Å². The number of ether oxygens (including phenoxy) is 1. The zero-order chi connectivity index (χ0) is 15.6. The molecule has 0 amide bonds. The first-order valence-electron chi connectivity index (χ1n) is 6.82. The van der Waals surface area contributed by atoms with Crippen molar-refractivity contribution in [2.75, 3.05) is 5.75 Å². The molecule has 1 aromatic carbocycles.